The molecule has 0 aliphatic carbocycles. The Labute approximate surface area is 100 Å². The maximum atomic E-state index is 10.8. The maximum Gasteiger partial charge on any atom is 0.355 e. The predicted molar refractivity (Wildman–Crippen MR) is 63.4 cm³/mol. The lowest BCUT2D eigenvalue weighted by molar-refractivity contribution is 0.0689. The van der Waals surface area contributed by atoms with Gasteiger partial charge < -0.3 is 5.11 Å². The Morgan fingerprint density at radius 1 is 1.38 bits per heavy atom. The minimum Gasteiger partial charge on any atom is -0.476 e. The van der Waals surface area contributed by atoms with Gasteiger partial charge in [-0.2, -0.15) is 5.10 Å². The van der Waals surface area contributed by atoms with Gasteiger partial charge in [0, 0.05) is 5.56 Å². The lowest BCUT2D eigenvalue weighted by atomic mass is 10.1. The van der Waals surface area contributed by atoms with Gasteiger partial charge in [-0.05, 0) is 22.9 Å². The molecular weight excluding hydrogens is 272 g/mol. The van der Waals surface area contributed by atoms with Crippen molar-refractivity contribution in [2.75, 3.05) is 0 Å². The van der Waals surface area contributed by atoms with Crippen LogP contribution in [0.25, 0.3) is 11.3 Å². The average molecular weight is 281 g/mol. The third-order valence-electron chi connectivity index (χ3n) is 2.25. The minimum absolute atomic E-state index is 0.0653. The Bertz CT molecular complexity index is 531. The van der Waals surface area contributed by atoms with Gasteiger partial charge in [0.15, 0.2) is 5.69 Å². The molecule has 4 nitrogen and oxygen atoms in total. The van der Waals surface area contributed by atoms with E-state index in [2.05, 4.69) is 26.1 Å². The maximum absolute atomic E-state index is 10.8. The third-order valence-corrected chi connectivity index (χ3v) is 3.02. The highest BCUT2D eigenvalue weighted by atomic mass is 79.9. The number of carboxylic acid groups (broad SMARTS) is 1. The number of aromatic amines is 1. The van der Waals surface area contributed by atoms with Crippen LogP contribution in [0.3, 0.4) is 0 Å². The Morgan fingerprint density at radius 2 is 2.00 bits per heavy atom. The second-order valence-electron chi connectivity index (χ2n) is 3.43. The fourth-order valence-electron chi connectivity index (χ4n) is 1.37. The molecule has 0 fully saturated rings. The highest BCUT2D eigenvalue weighted by molar-refractivity contribution is 9.10. The van der Waals surface area contributed by atoms with Gasteiger partial charge in [-0.3, -0.25) is 5.10 Å². The van der Waals surface area contributed by atoms with Crippen LogP contribution in [0.4, 0.5) is 0 Å². The van der Waals surface area contributed by atoms with Crippen LogP contribution in [0.2, 0.25) is 0 Å². The van der Waals surface area contributed by atoms with Gasteiger partial charge in [0.05, 0.1) is 4.47 Å². The Morgan fingerprint density at radius 3 is 2.50 bits per heavy atom. The molecular formula is C11H9BrN2O2. The summed E-state index contributed by atoms with van der Waals surface area (Å²) in [7, 11) is 0. The summed E-state index contributed by atoms with van der Waals surface area (Å²) in [5.74, 6) is -1.03. The topological polar surface area (TPSA) is 66.0 Å². The van der Waals surface area contributed by atoms with Crippen LogP contribution >= 0.6 is 15.9 Å². The summed E-state index contributed by atoms with van der Waals surface area (Å²) in [6.07, 6.45) is 0. The average Bonchev–Trinajstić information content (AvgIpc) is 2.61. The van der Waals surface area contributed by atoms with Crippen LogP contribution in [0.1, 0.15) is 16.1 Å². The van der Waals surface area contributed by atoms with Crippen LogP contribution < -0.4 is 0 Å². The molecule has 0 spiro atoms. The van der Waals surface area contributed by atoms with E-state index in [1.165, 1.54) is 0 Å². The van der Waals surface area contributed by atoms with Gasteiger partial charge in [-0.1, -0.05) is 29.8 Å². The number of nitrogens with one attached hydrogen (secondary N) is 1. The van der Waals surface area contributed by atoms with Crippen LogP contribution in [0.15, 0.2) is 28.7 Å². The highest BCUT2D eigenvalue weighted by Crippen LogP contribution is 2.28. The van der Waals surface area contributed by atoms with E-state index in [-0.39, 0.29) is 5.69 Å². The van der Waals surface area contributed by atoms with E-state index in [9.17, 15) is 4.79 Å². The molecule has 0 aliphatic rings. The molecule has 0 saturated heterocycles. The number of aromatic carboxylic acids is 1. The first-order valence-electron chi connectivity index (χ1n) is 4.64. The lowest BCUT2D eigenvalue weighted by Gasteiger charge is -1.98. The molecule has 1 heterocycles. The third kappa shape index (κ3) is 1.86. The number of rotatable bonds is 2. The molecule has 2 N–H and O–H groups in total. The first-order chi connectivity index (χ1) is 7.59. The number of hydrogen-bond donors (Lipinski definition) is 2. The smallest absolute Gasteiger partial charge is 0.355 e. The van der Waals surface area contributed by atoms with E-state index < -0.39 is 5.97 Å². The normalized spacial score (nSPS) is 10.4. The van der Waals surface area contributed by atoms with E-state index in [1.807, 2.05) is 31.2 Å². The molecule has 2 rings (SSSR count). The van der Waals surface area contributed by atoms with Crippen LogP contribution in [-0.2, 0) is 0 Å². The van der Waals surface area contributed by atoms with Gasteiger partial charge in [-0.25, -0.2) is 4.79 Å². The van der Waals surface area contributed by atoms with Crippen molar-refractivity contribution in [1.29, 1.82) is 0 Å². The number of H-pyrrole nitrogens is 1. The minimum atomic E-state index is -1.03. The Kier molecular flexibility index (Phi) is 2.78. The van der Waals surface area contributed by atoms with Gasteiger partial charge in [0.25, 0.3) is 0 Å². The quantitative estimate of drug-likeness (QED) is 0.889. The monoisotopic (exact) mass is 280 g/mol. The van der Waals surface area contributed by atoms with Crippen molar-refractivity contribution in [2.24, 2.45) is 0 Å². The summed E-state index contributed by atoms with van der Waals surface area (Å²) in [6.45, 7) is 1.99. The van der Waals surface area contributed by atoms with Crippen molar-refractivity contribution in [2.45, 2.75) is 6.92 Å². The van der Waals surface area contributed by atoms with Gasteiger partial charge in [0.2, 0.25) is 0 Å². The fourth-order valence-corrected chi connectivity index (χ4v) is 1.95. The number of carbonyl (C=O) groups is 1. The SMILES string of the molecule is Cc1ccc(-c2n[nH]c(C(=O)O)c2Br)cc1. The van der Waals surface area contributed by atoms with Gasteiger partial charge in [0.1, 0.15) is 5.69 Å². The zero-order chi connectivity index (χ0) is 11.7. The number of nitrogens with zero attached hydrogens (tertiary/aromatic N) is 1. The highest BCUT2D eigenvalue weighted by Gasteiger charge is 2.16. The molecule has 1 aromatic heterocycles. The van der Waals surface area contributed by atoms with Crippen molar-refractivity contribution >= 4 is 21.9 Å². The zero-order valence-corrected chi connectivity index (χ0v) is 10.1. The van der Waals surface area contributed by atoms with E-state index in [0.717, 1.165) is 11.1 Å². The lowest BCUT2D eigenvalue weighted by Crippen LogP contribution is -1.96. The number of carboxylic acids is 1. The van der Waals surface area contributed by atoms with Gasteiger partial charge >= 0.3 is 5.97 Å². The first-order valence-corrected chi connectivity index (χ1v) is 5.43. The molecule has 0 aliphatic heterocycles. The molecule has 82 valence electrons. The molecule has 2 aromatic rings. The van der Waals surface area contributed by atoms with Crippen molar-refractivity contribution < 1.29 is 9.90 Å². The summed E-state index contributed by atoms with van der Waals surface area (Å²) < 4.78 is 0.476. The summed E-state index contributed by atoms with van der Waals surface area (Å²) in [5.41, 5.74) is 2.70. The van der Waals surface area contributed by atoms with E-state index in [1.54, 1.807) is 0 Å². The molecule has 0 unspecified atom stereocenters. The number of hydrogen-bond acceptors (Lipinski definition) is 2. The number of aryl methyl sites for hydroxylation is 1. The Hall–Kier alpha value is -1.62. The second kappa shape index (κ2) is 4.09. The molecule has 5 heteroatoms. The summed E-state index contributed by atoms with van der Waals surface area (Å²) in [4.78, 5) is 10.8. The van der Waals surface area contributed by atoms with Crippen molar-refractivity contribution in [3.63, 3.8) is 0 Å². The van der Waals surface area contributed by atoms with Crippen LogP contribution in [0.5, 0.6) is 0 Å². The van der Waals surface area contributed by atoms with Crippen molar-refractivity contribution in [3.05, 3.63) is 40.0 Å². The second-order valence-corrected chi connectivity index (χ2v) is 4.23. The van der Waals surface area contributed by atoms with E-state index >= 15 is 0 Å². The van der Waals surface area contributed by atoms with E-state index in [0.29, 0.717) is 10.2 Å². The Balaban J connectivity index is 2.49. The fraction of sp³-hybridized carbons (Fsp3) is 0.0909. The number of halogens is 1. The molecule has 0 saturated carbocycles. The number of aromatic nitrogens is 2. The molecule has 16 heavy (non-hydrogen) atoms. The largest absolute Gasteiger partial charge is 0.476 e. The standard InChI is InChI=1S/C11H9BrN2O2/c1-6-2-4-7(5-3-6)9-8(12)10(11(15)16)14-13-9/h2-5H,1H3,(H,13,14)(H,15,16). The van der Waals surface area contributed by atoms with Gasteiger partial charge in [-0.15, -0.1) is 0 Å². The molecule has 1 aromatic carbocycles. The van der Waals surface area contributed by atoms with Crippen LogP contribution in [0, 0.1) is 6.92 Å². The molecule has 0 radical (unpaired) electrons. The predicted octanol–water partition coefficient (Wildman–Crippen LogP) is 2.85. The van der Waals surface area contributed by atoms with Crippen LogP contribution in [-0.4, -0.2) is 21.3 Å². The first kappa shape index (κ1) is 10.9. The van der Waals surface area contributed by atoms with Crippen molar-refractivity contribution in [3.8, 4) is 11.3 Å². The van der Waals surface area contributed by atoms with Crippen molar-refractivity contribution in [1.82, 2.24) is 10.2 Å². The molecule has 0 bridgehead atoms. The summed E-state index contributed by atoms with van der Waals surface area (Å²) in [5, 5.41) is 15.3. The summed E-state index contributed by atoms with van der Waals surface area (Å²) in [6, 6.07) is 7.72. The van der Waals surface area contributed by atoms with E-state index in [4.69, 9.17) is 5.11 Å². The number of benzene rings is 1. The molecule has 0 atom stereocenters. The zero-order valence-electron chi connectivity index (χ0n) is 8.49. The summed E-state index contributed by atoms with van der Waals surface area (Å²) >= 11 is 3.23. The molecule has 0 amide bonds.